The van der Waals surface area contributed by atoms with Crippen molar-refractivity contribution in [3.63, 3.8) is 0 Å². The molecular formula is C14H18N2O3S. The summed E-state index contributed by atoms with van der Waals surface area (Å²) in [5.74, 6) is -1.28. The van der Waals surface area contributed by atoms with Gasteiger partial charge >= 0.3 is 12.0 Å². The average Bonchev–Trinajstić information content (AvgIpc) is 2.48. The first-order valence-electron chi connectivity index (χ1n) is 6.53. The van der Waals surface area contributed by atoms with E-state index in [9.17, 15) is 9.59 Å². The van der Waals surface area contributed by atoms with Gasteiger partial charge in [-0.1, -0.05) is 0 Å². The number of piperidine rings is 1. The fraction of sp³-hybridized carbons (Fsp3) is 0.429. The van der Waals surface area contributed by atoms with E-state index in [0.29, 0.717) is 13.0 Å². The van der Waals surface area contributed by atoms with Gasteiger partial charge in [0.1, 0.15) is 0 Å². The van der Waals surface area contributed by atoms with Crippen LogP contribution < -0.4 is 5.32 Å². The number of carboxylic acids is 1. The minimum Gasteiger partial charge on any atom is -0.481 e. The number of hydrogen-bond acceptors (Lipinski definition) is 3. The number of hydrogen-bond donors (Lipinski definition) is 2. The Bertz CT molecular complexity index is 490. The predicted octanol–water partition coefficient (Wildman–Crippen LogP) is 2.74. The molecule has 0 radical (unpaired) electrons. The SMILES string of the molecule is CSc1ccc(NC(=O)N2CCC[C@H](C(=O)O)C2)cc1. The highest BCUT2D eigenvalue weighted by Gasteiger charge is 2.28. The fourth-order valence-corrected chi connectivity index (χ4v) is 2.65. The molecule has 2 amide bonds. The van der Waals surface area contributed by atoms with E-state index in [2.05, 4.69) is 5.32 Å². The summed E-state index contributed by atoms with van der Waals surface area (Å²) in [5, 5.41) is 11.8. The van der Waals surface area contributed by atoms with Crippen molar-refractivity contribution in [1.29, 1.82) is 0 Å². The molecule has 20 heavy (non-hydrogen) atoms. The van der Waals surface area contributed by atoms with Crippen LogP contribution in [-0.2, 0) is 4.79 Å². The summed E-state index contributed by atoms with van der Waals surface area (Å²) in [6, 6.07) is 7.35. The highest BCUT2D eigenvalue weighted by Crippen LogP contribution is 2.20. The number of urea groups is 1. The van der Waals surface area contributed by atoms with Gasteiger partial charge in [0.15, 0.2) is 0 Å². The quantitative estimate of drug-likeness (QED) is 0.841. The summed E-state index contributed by atoms with van der Waals surface area (Å²) >= 11 is 1.64. The molecule has 0 aliphatic carbocycles. The van der Waals surface area contributed by atoms with E-state index in [1.807, 2.05) is 30.5 Å². The minimum atomic E-state index is -0.827. The van der Waals surface area contributed by atoms with Gasteiger partial charge in [-0.25, -0.2) is 4.79 Å². The molecule has 5 nitrogen and oxygen atoms in total. The van der Waals surface area contributed by atoms with Crippen LogP contribution in [0.1, 0.15) is 12.8 Å². The van der Waals surface area contributed by atoms with E-state index in [0.717, 1.165) is 17.0 Å². The molecule has 0 unspecified atom stereocenters. The number of nitrogens with one attached hydrogen (secondary N) is 1. The average molecular weight is 294 g/mol. The molecule has 6 heteroatoms. The zero-order valence-electron chi connectivity index (χ0n) is 11.3. The third-order valence-electron chi connectivity index (χ3n) is 3.40. The largest absolute Gasteiger partial charge is 0.481 e. The van der Waals surface area contributed by atoms with E-state index in [4.69, 9.17) is 5.11 Å². The Kier molecular flexibility index (Phi) is 4.89. The van der Waals surface area contributed by atoms with E-state index in [1.54, 1.807) is 16.7 Å². The van der Waals surface area contributed by atoms with Gasteiger partial charge in [0.2, 0.25) is 0 Å². The number of anilines is 1. The lowest BCUT2D eigenvalue weighted by molar-refractivity contribution is -0.143. The number of nitrogens with zero attached hydrogens (tertiary/aromatic N) is 1. The van der Waals surface area contributed by atoms with Crippen LogP contribution in [0.4, 0.5) is 10.5 Å². The number of aliphatic carboxylic acids is 1. The molecule has 0 aromatic heterocycles. The van der Waals surface area contributed by atoms with Gasteiger partial charge in [0.25, 0.3) is 0 Å². The Balaban J connectivity index is 1.95. The number of thioether (sulfide) groups is 1. The zero-order valence-corrected chi connectivity index (χ0v) is 12.2. The molecule has 1 aromatic rings. The van der Waals surface area contributed by atoms with Crippen LogP contribution in [-0.4, -0.2) is 41.4 Å². The standard InChI is InChI=1S/C14H18N2O3S/c1-20-12-6-4-11(5-7-12)15-14(19)16-8-2-3-10(9-16)13(17)18/h4-7,10H,2-3,8-9H2,1H3,(H,15,19)(H,17,18)/t10-/m0/s1. The lowest BCUT2D eigenvalue weighted by Gasteiger charge is -2.30. The van der Waals surface area contributed by atoms with Gasteiger partial charge in [0.05, 0.1) is 5.92 Å². The normalized spacial score (nSPS) is 18.6. The van der Waals surface area contributed by atoms with Crippen LogP contribution in [0.15, 0.2) is 29.2 Å². The van der Waals surface area contributed by atoms with Crippen LogP contribution in [0.25, 0.3) is 0 Å². The van der Waals surface area contributed by atoms with Crippen molar-refractivity contribution in [2.45, 2.75) is 17.7 Å². The number of carboxylic acid groups (broad SMARTS) is 1. The Morgan fingerprint density at radius 1 is 1.35 bits per heavy atom. The summed E-state index contributed by atoms with van der Waals surface area (Å²) in [4.78, 5) is 25.8. The van der Waals surface area contributed by atoms with Gasteiger partial charge in [-0.05, 0) is 43.4 Å². The molecule has 1 saturated heterocycles. The molecule has 2 N–H and O–H groups in total. The molecule has 2 rings (SSSR count). The van der Waals surface area contributed by atoms with Gasteiger partial charge in [-0.2, -0.15) is 0 Å². The molecular weight excluding hydrogens is 276 g/mol. The maximum absolute atomic E-state index is 12.1. The highest BCUT2D eigenvalue weighted by atomic mass is 32.2. The third kappa shape index (κ3) is 3.66. The van der Waals surface area contributed by atoms with Gasteiger partial charge in [-0.3, -0.25) is 4.79 Å². The topological polar surface area (TPSA) is 69.6 Å². The Labute approximate surface area is 122 Å². The second-order valence-corrected chi connectivity index (χ2v) is 5.66. The van der Waals surface area contributed by atoms with Crippen molar-refractivity contribution in [1.82, 2.24) is 4.90 Å². The number of benzene rings is 1. The van der Waals surface area contributed by atoms with Crippen molar-refractivity contribution in [3.8, 4) is 0 Å². The second kappa shape index (κ2) is 6.65. The van der Waals surface area contributed by atoms with E-state index >= 15 is 0 Å². The Hall–Kier alpha value is -1.69. The van der Waals surface area contributed by atoms with Crippen LogP contribution in [0.3, 0.4) is 0 Å². The number of carbonyl (C=O) groups excluding carboxylic acids is 1. The lowest BCUT2D eigenvalue weighted by atomic mass is 9.99. The van der Waals surface area contributed by atoms with Crippen molar-refractivity contribution >= 4 is 29.4 Å². The molecule has 0 bridgehead atoms. The molecule has 1 fully saturated rings. The second-order valence-electron chi connectivity index (χ2n) is 4.78. The molecule has 1 aliphatic rings. The maximum Gasteiger partial charge on any atom is 0.321 e. The summed E-state index contributed by atoms with van der Waals surface area (Å²) in [6.07, 6.45) is 3.37. The number of rotatable bonds is 3. The molecule has 108 valence electrons. The Morgan fingerprint density at radius 3 is 2.65 bits per heavy atom. The highest BCUT2D eigenvalue weighted by molar-refractivity contribution is 7.98. The molecule has 1 aromatic carbocycles. The summed E-state index contributed by atoms with van der Waals surface area (Å²) in [5.41, 5.74) is 0.727. The fourth-order valence-electron chi connectivity index (χ4n) is 2.24. The van der Waals surface area contributed by atoms with Crippen LogP contribution in [0.2, 0.25) is 0 Å². The summed E-state index contributed by atoms with van der Waals surface area (Å²) in [7, 11) is 0. The zero-order chi connectivity index (χ0) is 14.5. The summed E-state index contributed by atoms with van der Waals surface area (Å²) < 4.78 is 0. The number of carbonyl (C=O) groups is 2. The monoisotopic (exact) mass is 294 g/mol. The number of amides is 2. The first kappa shape index (κ1) is 14.7. The van der Waals surface area contributed by atoms with E-state index in [1.165, 1.54) is 0 Å². The molecule has 0 spiro atoms. The maximum atomic E-state index is 12.1. The van der Waals surface area contributed by atoms with Crippen LogP contribution in [0, 0.1) is 5.92 Å². The van der Waals surface area contributed by atoms with E-state index in [-0.39, 0.29) is 12.6 Å². The van der Waals surface area contributed by atoms with Crippen molar-refractivity contribution in [3.05, 3.63) is 24.3 Å². The van der Waals surface area contributed by atoms with Crippen molar-refractivity contribution in [2.24, 2.45) is 5.92 Å². The number of likely N-dealkylation sites (tertiary alicyclic amines) is 1. The van der Waals surface area contributed by atoms with Crippen LogP contribution >= 0.6 is 11.8 Å². The van der Waals surface area contributed by atoms with Crippen molar-refractivity contribution < 1.29 is 14.7 Å². The van der Waals surface area contributed by atoms with Gasteiger partial charge in [-0.15, -0.1) is 11.8 Å². The van der Waals surface area contributed by atoms with Crippen molar-refractivity contribution in [2.75, 3.05) is 24.7 Å². The first-order valence-corrected chi connectivity index (χ1v) is 7.75. The molecule has 1 aliphatic heterocycles. The minimum absolute atomic E-state index is 0.229. The smallest absolute Gasteiger partial charge is 0.321 e. The summed E-state index contributed by atoms with van der Waals surface area (Å²) in [6.45, 7) is 0.891. The van der Waals surface area contributed by atoms with Gasteiger partial charge < -0.3 is 15.3 Å². The molecule has 0 saturated carbocycles. The lowest BCUT2D eigenvalue weighted by Crippen LogP contribution is -2.44. The third-order valence-corrected chi connectivity index (χ3v) is 4.14. The van der Waals surface area contributed by atoms with Gasteiger partial charge in [0, 0.05) is 23.7 Å². The molecule has 1 atom stereocenters. The first-order chi connectivity index (χ1) is 9.60. The Morgan fingerprint density at radius 2 is 2.05 bits per heavy atom. The predicted molar refractivity (Wildman–Crippen MR) is 79.2 cm³/mol. The van der Waals surface area contributed by atoms with Crippen LogP contribution in [0.5, 0.6) is 0 Å². The van der Waals surface area contributed by atoms with E-state index < -0.39 is 11.9 Å². The molecule has 1 heterocycles.